The van der Waals surface area contributed by atoms with Crippen molar-refractivity contribution in [2.24, 2.45) is 12.5 Å². The minimum atomic E-state index is -0.111. The number of aliphatic hydroxyl groups is 1. The lowest BCUT2D eigenvalue weighted by Gasteiger charge is -2.21. The van der Waals surface area contributed by atoms with Gasteiger partial charge in [-0.25, -0.2) is 0 Å². The van der Waals surface area contributed by atoms with Crippen molar-refractivity contribution in [3.63, 3.8) is 0 Å². The van der Waals surface area contributed by atoms with Gasteiger partial charge in [0, 0.05) is 32.2 Å². The van der Waals surface area contributed by atoms with E-state index in [4.69, 9.17) is 16.7 Å². The molecule has 0 bridgehead atoms. The maximum absolute atomic E-state index is 9.12. The van der Waals surface area contributed by atoms with E-state index in [-0.39, 0.29) is 12.0 Å². The molecule has 0 fully saturated rings. The third-order valence-corrected chi connectivity index (χ3v) is 3.08. The van der Waals surface area contributed by atoms with Crippen molar-refractivity contribution in [1.82, 2.24) is 15.1 Å². The van der Waals surface area contributed by atoms with Crippen LogP contribution >= 0.6 is 11.6 Å². The Balaban J connectivity index is 2.55. The van der Waals surface area contributed by atoms with Gasteiger partial charge in [0.25, 0.3) is 0 Å². The molecule has 0 saturated heterocycles. The van der Waals surface area contributed by atoms with Gasteiger partial charge in [0.2, 0.25) is 0 Å². The fourth-order valence-electron chi connectivity index (χ4n) is 1.45. The Bertz CT molecular complexity index is 360. The fourth-order valence-corrected chi connectivity index (χ4v) is 1.67. The highest BCUT2D eigenvalue weighted by Crippen LogP contribution is 2.19. The first-order chi connectivity index (χ1) is 7.37. The summed E-state index contributed by atoms with van der Waals surface area (Å²) in [5, 5.41) is 17.4. The van der Waals surface area contributed by atoms with Crippen molar-refractivity contribution in [3.05, 3.63) is 16.4 Å². The summed E-state index contributed by atoms with van der Waals surface area (Å²) in [5.41, 5.74) is 1.72. The molecule has 4 nitrogen and oxygen atoms in total. The Labute approximate surface area is 102 Å². The summed E-state index contributed by atoms with van der Waals surface area (Å²) in [6, 6.07) is 0. The molecule has 0 aliphatic heterocycles. The second kappa shape index (κ2) is 5.17. The van der Waals surface area contributed by atoms with E-state index >= 15 is 0 Å². The van der Waals surface area contributed by atoms with Gasteiger partial charge < -0.3 is 10.4 Å². The van der Waals surface area contributed by atoms with Crippen LogP contribution in [0.5, 0.6) is 0 Å². The zero-order valence-electron chi connectivity index (χ0n) is 10.3. The lowest BCUT2D eigenvalue weighted by atomic mass is 9.95. The van der Waals surface area contributed by atoms with Gasteiger partial charge in [-0.1, -0.05) is 25.4 Å². The molecule has 0 radical (unpaired) electrons. The van der Waals surface area contributed by atoms with Gasteiger partial charge in [0.05, 0.1) is 16.4 Å². The van der Waals surface area contributed by atoms with E-state index in [0.717, 1.165) is 23.0 Å². The number of aliphatic hydroxyl groups excluding tert-OH is 1. The van der Waals surface area contributed by atoms with Crippen molar-refractivity contribution in [2.45, 2.75) is 27.3 Å². The smallest absolute Gasteiger partial charge is 0.0860 e. The second-order valence-corrected chi connectivity index (χ2v) is 5.27. The number of aromatic nitrogens is 2. The molecular formula is C11H20ClN3O. The number of hydrogen-bond donors (Lipinski definition) is 2. The van der Waals surface area contributed by atoms with E-state index < -0.39 is 0 Å². The minimum Gasteiger partial charge on any atom is -0.396 e. The SMILES string of the molecule is Cc1nn(C)c(CNCC(C)(C)CO)c1Cl. The lowest BCUT2D eigenvalue weighted by Crippen LogP contribution is -2.32. The summed E-state index contributed by atoms with van der Waals surface area (Å²) in [6.45, 7) is 7.48. The van der Waals surface area contributed by atoms with E-state index in [2.05, 4.69) is 10.4 Å². The molecule has 1 heterocycles. The summed E-state index contributed by atoms with van der Waals surface area (Å²) in [4.78, 5) is 0. The van der Waals surface area contributed by atoms with Crippen molar-refractivity contribution in [3.8, 4) is 0 Å². The number of halogens is 1. The predicted octanol–water partition coefficient (Wildman–Crippen LogP) is 1.49. The Morgan fingerprint density at radius 2 is 2.12 bits per heavy atom. The summed E-state index contributed by atoms with van der Waals surface area (Å²) < 4.78 is 1.79. The summed E-state index contributed by atoms with van der Waals surface area (Å²) in [5.74, 6) is 0. The average molecular weight is 246 g/mol. The summed E-state index contributed by atoms with van der Waals surface area (Å²) >= 11 is 6.13. The zero-order chi connectivity index (χ0) is 12.3. The lowest BCUT2D eigenvalue weighted by molar-refractivity contribution is 0.156. The van der Waals surface area contributed by atoms with Gasteiger partial charge in [-0.2, -0.15) is 5.10 Å². The molecule has 0 aliphatic carbocycles. The maximum atomic E-state index is 9.12. The zero-order valence-corrected chi connectivity index (χ0v) is 11.1. The number of hydrogen-bond acceptors (Lipinski definition) is 3. The molecule has 0 amide bonds. The van der Waals surface area contributed by atoms with Gasteiger partial charge in [-0.05, 0) is 6.92 Å². The van der Waals surface area contributed by atoms with Crippen LogP contribution in [0, 0.1) is 12.3 Å². The molecule has 0 atom stereocenters. The van der Waals surface area contributed by atoms with E-state index in [9.17, 15) is 0 Å². The van der Waals surface area contributed by atoms with Crippen LogP contribution in [0.15, 0.2) is 0 Å². The number of aryl methyl sites for hydroxylation is 2. The van der Waals surface area contributed by atoms with Crippen LogP contribution in [0.2, 0.25) is 5.02 Å². The molecule has 0 aromatic carbocycles. The molecule has 1 aromatic rings. The molecule has 1 aromatic heterocycles. The monoisotopic (exact) mass is 245 g/mol. The van der Waals surface area contributed by atoms with Crippen LogP contribution in [0.1, 0.15) is 25.2 Å². The van der Waals surface area contributed by atoms with Crippen LogP contribution in [0.25, 0.3) is 0 Å². The van der Waals surface area contributed by atoms with Gasteiger partial charge in [-0.15, -0.1) is 0 Å². The highest BCUT2D eigenvalue weighted by Gasteiger charge is 2.17. The van der Waals surface area contributed by atoms with E-state index in [1.165, 1.54) is 0 Å². The van der Waals surface area contributed by atoms with Crippen LogP contribution in [0.3, 0.4) is 0 Å². The molecule has 5 heteroatoms. The van der Waals surface area contributed by atoms with Crippen LogP contribution < -0.4 is 5.32 Å². The predicted molar refractivity (Wildman–Crippen MR) is 65.5 cm³/mol. The van der Waals surface area contributed by atoms with E-state index in [1.54, 1.807) is 4.68 Å². The number of rotatable bonds is 5. The van der Waals surface area contributed by atoms with Crippen molar-refractivity contribution < 1.29 is 5.11 Å². The van der Waals surface area contributed by atoms with Crippen molar-refractivity contribution in [1.29, 1.82) is 0 Å². The molecule has 16 heavy (non-hydrogen) atoms. The Morgan fingerprint density at radius 3 is 2.56 bits per heavy atom. The molecule has 2 N–H and O–H groups in total. The average Bonchev–Trinajstić information content (AvgIpc) is 2.44. The molecular weight excluding hydrogens is 226 g/mol. The Morgan fingerprint density at radius 1 is 1.50 bits per heavy atom. The minimum absolute atomic E-state index is 0.111. The normalized spacial score (nSPS) is 12.1. The first-order valence-corrected chi connectivity index (χ1v) is 5.75. The van der Waals surface area contributed by atoms with Crippen molar-refractivity contribution in [2.75, 3.05) is 13.2 Å². The molecule has 0 spiro atoms. The first kappa shape index (κ1) is 13.5. The van der Waals surface area contributed by atoms with Gasteiger partial charge in [0.1, 0.15) is 0 Å². The van der Waals surface area contributed by atoms with Crippen molar-refractivity contribution >= 4 is 11.6 Å². The standard InChI is InChI=1S/C11H20ClN3O/c1-8-10(12)9(15(4)14-8)5-13-6-11(2,3)7-16/h13,16H,5-7H2,1-4H3. The van der Waals surface area contributed by atoms with Gasteiger partial charge in [0.15, 0.2) is 0 Å². The van der Waals surface area contributed by atoms with Gasteiger partial charge >= 0.3 is 0 Å². The van der Waals surface area contributed by atoms with Crippen LogP contribution in [-0.2, 0) is 13.6 Å². The van der Waals surface area contributed by atoms with Gasteiger partial charge in [-0.3, -0.25) is 4.68 Å². The third-order valence-electron chi connectivity index (χ3n) is 2.59. The molecule has 0 saturated carbocycles. The van der Waals surface area contributed by atoms with E-state index in [1.807, 2.05) is 27.8 Å². The molecule has 0 unspecified atom stereocenters. The fraction of sp³-hybridized carbons (Fsp3) is 0.727. The summed E-state index contributed by atoms with van der Waals surface area (Å²) in [7, 11) is 1.88. The van der Waals surface area contributed by atoms with E-state index in [0.29, 0.717) is 6.54 Å². The summed E-state index contributed by atoms with van der Waals surface area (Å²) in [6.07, 6.45) is 0. The Hall–Kier alpha value is -0.580. The second-order valence-electron chi connectivity index (χ2n) is 4.90. The molecule has 0 aliphatic rings. The van der Waals surface area contributed by atoms with Crippen LogP contribution in [0.4, 0.5) is 0 Å². The highest BCUT2D eigenvalue weighted by atomic mass is 35.5. The number of nitrogens with zero attached hydrogens (tertiary/aromatic N) is 2. The van der Waals surface area contributed by atoms with Crippen LogP contribution in [-0.4, -0.2) is 28.0 Å². The topological polar surface area (TPSA) is 50.1 Å². The quantitative estimate of drug-likeness (QED) is 0.827. The Kier molecular flexibility index (Phi) is 4.35. The first-order valence-electron chi connectivity index (χ1n) is 5.37. The number of nitrogens with one attached hydrogen (secondary N) is 1. The largest absolute Gasteiger partial charge is 0.396 e. The maximum Gasteiger partial charge on any atom is 0.0860 e. The molecule has 1 rings (SSSR count). The highest BCUT2D eigenvalue weighted by molar-refractivity contribution is 6.31. The molecule has 92 valence electrons. The third kappa shape index (κ3) is 3.20.